The molecule has 0 radical (unpaired) electrons. The molecule has 2 aromatic rings. The van der Waals surface area contributed by atoms with Gasteiger partial charge in [0.05, 0.1) is 13.3 Å². The number of phenolic OH excluding ortho intramolecular Hbond substituents is 1. The van der Waals surface area contributed by atoms with E-state index in [-0.39, 0.29) is 23.8 Å². The molecule has 4 N–H and O–H groups in total. The van der Waals surface area contributed by atoms with Crippen molar-refractivity contribution in [3.8, 4) is 11.5 Å². The van der Waals surface area contributed by atoms with Crippen molar-refractivity contribution >= 4 is 33.3 Å². The number of nitrogens with zero attached hydrogens (tertiary/aromatic N) is 1. The largest absolute Gasteiger partial charge is 0.507 e. The molecular weight excluding hydrogens is 394 g/mol. The number of nitrogens with two attached hydrogens (primary N) is 1. The first-order chi connectivity index (χ1) is 13.8. The zero-order valence-corrected chi connectivity index (χ0v) is 17.3. The predicted molar refractivity (Wildman–Crippen MR) is 110 cm³/mol. The van der Waals surface area contributed by atoms with E-state index in [1.54, 1.807) is 0 Å². The standard InChI is InChI=1S/C20H23N3O5S/c1-10(5-7-14(24)23-15-8-22-20(21)29-15)4-6-12-17(25)16-13(9-28-19(16)26)11(2)18(12)27-3/h4,8,25H,5-7,9H2,1-3H3,(H2,21,22)(H,23,24)/b10-4+. The number of allylic oxidation sites excluding steroid dienone is 2. The topological polar surface area (TPSA) is 124 Å². The smallest absolute Gasteiger partial charge is 0.342 e. The molecule has 29 heavy (non-hydrogen) atoms. The van der Waals surface area contributed by atoms with Crippen LogP contribution in [-0.4, -0.2) is 29.1 Å². The van der Waals surface area contributed by atoms with Crippen molar-refractivity contribution in [2.24, 2.45) is 0 Å². The van der Waals surface area contributed by atoms with Gasteiger partial charge in [-0.3, -0.25) is 4.79 Å². The second-order valence-electron chi connectivity index (χ2n) is 6.78. The maximum atomic E-state index is 12.1. The quantitative estimate of drug-likeness (QED) is 0.466. The van der Waals surface area contributed by atoms with E-state index in [0.717, 1.165) is 11.1 Å². The number of benzene rings is 1. The minimum atomic E-state index is -0.523. The Bertz CT molecular complexity index is 996. The number of esters is 1. The van der Waals surface area contributed by atoms with Gasteiger partial charge in [0.15, 0.2) is 5.13 Å². The normalized spacial score (nSPS) is 13.2. The average molecular weight is 417 g/mol. The van der Waals surface area contributed by atoms with Crippen molar-refractivity contribution in [1.29, 1.82) is 0 Å². The number of rotatable bonds is 7. The number of aromatic nitrogens is 1. The van der Waals surface area contributed by atoms with Crippen LogP contribution in [0.15, 0.2) is 17.8 Å². The maximum Gasteiger partial charge on any atom is 0.342 e. The number of nitrogen functional groups attached to an aromatic ring is 1. The van der Waals surface area contributed by atoms with E-state index < -0.39 is 5.97 Å². The van der Waals surface area contributed by atoms with E-state index in [0.29, 0.717) is 46.3 Å². The Morgan fingerprint density at radius 2 is 2.24 bits per heavy atom. The number of amides is 1. The number of nitrogens with one attached hydrogen (secondary N) is 1. The van der Waals surface area contributed by atoms with Crippen LogP contribution in [-0.2, 0) is 22.6 Å². The lowest BCUT2D eigenvalue weighted by molar-refractivity contribution is -0.116. The van der Waals surface area contributed by atoms with Gasteiger partial charge in [-0.05, 0) is 32.3 Å². The van der Waals surface area contributed by atoms with Gasteiger partial charge in [0.25, 0.3) is 0 Å². The number of phenols is 1. The summed E-state index contributed by atoms with van der Waals surface area (Å²) in [6.07, 6.45) is 4.67. The Morgan fingerprint density at radius 3 is 2.90 bits per heavy atom. The van der Waals surface area contributed by atoms with E-state index in [4.69, 9.17) is 15.2 Å². The first-order valence-corrected chi connectivity index (χ1v) is 9.88. The molecule has 9 heteroatoms. The molecule has 0 saturated heterocycles. The molecule has 0 saturated carbocycles. The number of carbonyl (C=O) groups is 2. The lowest BCUT2D eigenvalue weighted by Gasteiger charge is -2.15. The number of anilines is 2. The zero-order chi connectivity index (χ0) is 21.1. The minimum Gasteiger partial charge on any atom is -0.507 e. The summed E-state index contributed by atoms with van der Waals surface area (Å²) >= 11 is 1.22. The van der Waals surface area contributed by atoms with Gasteiger partial charge in [0, 0.05) is 17.5 Å². The Labute approximate surface area is 172 Å². The Hall–Kier alpha value is -3.07. The number of cyclic esters (lactones) is 1. The fraction of sp³-hybridized carbons (Fsp3) is 0.350. The molecule has 1 aromatic heterocycles. The molecule has 1 amide bonds. The zero-order valence-electron chi connectivity index (χ0n) is 16.5. The van der Waals surface area contributed by atoms with Crippen LogP contribution in [0.3, 0.4) is 0 Å². The third-order valence-corrected chi connectivity index (χ3v) is 5.58. The maximum absolute atomic E-state index is 12.1. The molecule has 2 heterocycles. The first kappa shape index (κ1) is 20.7. The Balaban J connectivity index is 1.69. The predicted octanol–water partition coefficient (Wildman–Crippen LogP) is 3.33. The summed E-state index contributed by atoms with van der Waals surface area (Å²) in [5.74, 6) is -0.206. The molecule has 0 aliphatic carbocycles. The van der Waals surface area contributed by atoms with Crippen LogP contribution in [0.25, 0.3) is 0 Å². The van der Waals surface area contributed by atoms with Gasteiger partial charge >= 0.3 is 5.97 Å². The number of aromatic hydroxyl groups is 1. The highest BCUT2D eigenvalue weighted by molar-refractivity contribution is 7.19. The van der Waals surface area contributed by atoms with Gasteiger partial charge in [0.2, 0.25) is 5.91 Å². The van der Waals surface area contributed by atoms with Crippen molar-refractivity contribution in [3.63, 3.8) is 0 Å². The second kappa shape index (κ2) is 8.52. The molecule has 0 atom stereocenters. The second-order valence-corrected chi connectivity index (χ2v) is 7.84. The summed E-state index contributed by atoms with van der Waals surface area (Å²) in [4.78, 5) is 27.9. The van der Waals surface area contributed by atoms with E-state index in [1.807, 2.05) is 19.9 Å². The SMILES string of the molecule is COc1c(C)c2c(c(O)c1C/C=C(\C)CCC(=O)Nc1cnc(N)s1)C(=O)OC2. The van der Waals surface area contributed by atoms with Crippen LogP contribution in [0.4, 0.5) is 10.1 Å². The lowest BCUT2D eigenvalue weighted by Crippen LogP contribution is -2.10. The molecule has 3 rings (SSSR count). The van der Waals surface area contributed by atoms with Crippen LogP contribution < -0.4 is 15.8 Å². The monoisotopic (exact) mass is 417 g/mol. The molecule has 8 nitrogen and oxygen atoms in total. The fourth-order valence-corrected chi connectivity index (χ4v) is 3.86. The Kier molecular flexibility index (Phi) is 6.07. The van der Waals surface area contributed by atoms with Crippen LogP contribution >= 0.6 is 11.3 Å². The molecular formula is C20H23N3O5S. The number of hydrogen-bond acceptors (Lipinski definition) is 8. The third-order valence-electron chi connectivity index (χ3n) is 4.83. The summed E-state index contributed by atoms with van der Waals surface area (Å²) in [7, 11) is 1.53. The van der Waals surface area contributed by atoms with E-state index in [9.17, 15) is 14.7 Å². The lowest BCUT2D eigenvalue weighted by atomic mass is 9.94. The summed E-state index contributed by atoms with van der Waals surface area (Å²) in [6.45, 7) is 3.89. The fourth-order valence-electron chi connectivity index (χ4n) is 3.26. The molecule has 0 fully saturated rings. The number of fused-ring (bicyclic) bond motifs is 1. The van der Waals surface area contributed by atoms with Gasteiger partial charge < -0.3 is 25.6 Å². The van der Waals surface area contributed by atoms with Crippen LogP contribution in [0, 0.1) is 6.92 Å². The van der Waals surface area contributed by atoms with Crippen molar-refractivity contribution < 1.29 is 24.2 Å². The van der Waals surface area contributed by atoms with E-state index >= 15 is 0 Å². The minimum absolute atomic E-state index is 0.102. The summed E-state index contributed by atoms with van der Waals surface area (Å²) in [5, 5.41) is 14.4. The van der Waals surface area contributed by atoms with Gasteiger partial charge in [-0.25, -0.2) is 9.78 Å². The summed E-state index contributed by atoms with van der Waals surface area (Å²) in [5.41, 5.74) is 8.72. The highest BCUT2D eigenvalue weighted by Gasteiger charge is 2.31. The average Bonchev–Trinajstić information content (AvgIpc) is 3.27. The number of thiazole rings is 1. The number of hydrogen-bond donors (Lipinski definition) is 3. The molecule has 0 unspecified atom stereocenters. The van der Waals surface area contributed by atoms with Crippen LogP contribution in [0.5, 0.6) is 11.5 Å². The first-order valence-electron chi connectivity index (χ1n) is 9.07. The van der Waals surface area contributed by atoms with Crippen molar-refractivity contribution in [2.75, 3.05) is 18.2 Å². The Morgan fingerprint density at radius 1 is 1.48 bits per heavy atom. The number of ether oxygens (including phenoxy) is 2. The highest BCUT2D eigenvalue weighted by atomic mass is 32.1. The van der Waals surface area contributed by atoms with Gasteiger partial charge in [-0.1, -0.05) is 23.0 Å². The molecule has 154 valence electrons. The van der Waals surface area contributed by atoms with Crippen LogP contribution in [0.1, 0.15) is 46.8 Å². The molecule has 0 spiro atoms. The summed E-state index contributed by atoms with van der Waals surface area (Å²) < 4.78 is 10.5. The van der Waals surface area contributed by atoms with E-state index in [1.165, 1.54) is 24.6 Å². The number of carbonyl (C=O) groups excluding carboxylic acids is 2. The van der Waals surface area contributed by atoms with Crippen molar-refractivity contribution in [2.45, 2.75) is 39.7 Å². The third kappa shape index (κ3) is 4.34. The number of methoxy groups -OCH3 is 1. The highest BCUT2D eigenvalue weighted by Crippen LogP contribution is 2.42. The van der Waals surface area contributed by atoms with Crippen molar-refractivity contribution in [3.05, 3.63) is 40.1 Å². The molecule has 1 aliphatic heterocycles. The van der Waals surface area contributed by atoms with Gasteiger partial charge in [-0.15, -0.1) is 0 Å². The van der Waals surface area contributed by atoms with Gasteiger partial charge in [-0.2, -0.15) is 0 Å². The van der Waals surface area contributed by atoms with Crippen molar-refractivity contribution in [1.82, 2.24) is 4.98 Å². The van der Waals surface area contributed by atoms with E-state index in [2.05, 4.69) is 10.3 Å². The molecule has 1 aliphatic rings. The van der Waals surface area contributed by atoms with Gasteiger partial charge in [0.1, 0.15) is 28.7 Å². The summed E-state index contributed by atoms with van der Waals surface area (Å²) in [6, 6.07) is 0. The van der Waals surface area contributed by atoms with Crippen LogP contribution in [0.2, 0.25) is 0 Å². The molecule has 0 bridgehead atoms. The molecule has 1 aromatic carbocycles.